The molecule has 9 heteroatoms. The van der Waals surface area contributed by atoms with Gasteiger partial charge in [-0.25, -0.2) is 9.78 Å². The molecule has 1 unspecified atom stereocenters. The van der Waals surface area contributed by atoms with E-state index in [1.807, 2.05) is 24.3 Å². The van der Waals surface area contributed by atoms with Gasteiger partial charge in [-0.3, -0.25) is 4.79 Å². The summed E-state index contributed by atoms with van der Waals surface area (Å²) in [6.07, 6.45) is 3.03. The number of likely N-dealkylation sites (tertiary alicyclic amines) is 1. The average molecular weight is 413 g/mol. The lowest BCUT2D eigenvalue weighted by Crippen LogP contribution is -2.41. The van der Waals surface area contributed by atoms with Crippen LogP contribution in [0.2, 0.25) is 0 Å². The van der Waals surface area contributed by atoms with Crippen molar-refractivity contribution in [1.82, 2.24) is 9.88 Å². The molecule has 1 aromatic heterocycles. The first-order valence-electron chi connectivity index (χ1n) is 9.78. The molecule has 2 amide bonds. The molecule has 160 valence electrons. The molecule has 1 aliphatic heterocycles. The minimum Gasteiger partial charge on any atom is -0.497 e. The van der Waals surface area contributed by atoms with E-state index in [2.05, 4.69) is 15.6 Å². The monoisotopic (exact) mass is 413 g/mol. The number of anilines is 3. The number of hydrogen-bond acceptors (Lipinski definition) is 7. The maximum atomic E-state index is 11.8. The maximum Gasteiger partial charge on any atom is 0.409 e. The van der Waals surface area contributed by atoms with Crippen molar-refractivity contribution < 1.29 is 19.1 Å². The Bertz CT molecular complexity index is 887. The third-order valence-corrected chi connectivity index (χ3v) is 5.06. The smallest absolute Gasteiger partial charge is 0.409 e. The van der Waals surface area contributed by atoms with Crippen LogP contribution in [0.3, 0.4) is 0 Å². The molecular weight excluding hydrogens is 386 g/mol. The highest BCUT2D eigenvalue weighted by molar-refractivity contribution is 5.98. The number of pyridine rings is 1. The largest absolute Gasteiger partial charge is 0.497 e. The molecule has 0 spiro atoms. The van der Waals surface area contributed by atoms with Gasteiger partial charge in [0.05, 0.1) is 25.5 Å². The van der Waals surface area contributed by atoms with E-state index in [0.29, 0.717) is 36.7 Å². The summed E-state index contributed by atoms with van der Waals surface area (Å²) in [5.41, 5.74) is 7.27. The molecule has 0 saturated carbocycles. The van der Waals surface area contributed by atoms with E-state index in [9.17, 15) is 9.59 Å². The number of ether oxygens (including phenoxy) is 2. The Morgan fingerprint density at radius 3 is 2.70 bits per heavy atom. The van der Waals surface area contributed by atoms with Gasteiger partial charge in [-0.15, -0.1) is 0 Å². The van der Waals surface area contributed by atoms with Gasteiger partial charge in [-0.2, -0.15) is 0 Å². The summed E-state index contributed by atoms with van der Waals surface area (Å²) in [6.45, 7) is 1.90. The summed E-state index contributed by atoms with van der Waals surface area (Å²) in [4.78, 5) is 29.6. The van der Waals surface area contributed by atoms with Crippen LogP contribution >= 0.6 is 0 Å². The maximum absolute atomic E-state index is 11.8. The van der Waals surface area contributed by atoms with Crippen LogP contribution in [-0.2, 0) is 4.74 Å². The minimum absolute atomic E-state index is 0.240. The number of nitrogens with one attached hydrogen (secondary N) is 2. The van der Waals surface area contributed by atoms with Gasteiger partial charge in [0.25, 0.3) is 5.91 Å². The number of piperidine rings is 1. The highest BCUT2D eigenvalue weighted by atomic mass is 16.5. The number of aromatic nitrogens is 1. The fourth-order valence-corrected chi connectivity index (χ4v) is 3.47. The number of hydrogen-bond donors (Lipinski definition) is 3. The van der Waals surface area contributed by atoms with Crippen molar-refractivity contribution in [2.24, 2.45) is 11.7 Å². The molecule has 9 nitrogen and oxygen atoms in total. The first-order chi connectivity index (χ1) is 14.5. The predicted octanol–water partition coefficient (Wildman–Crippen LogP) is 2.82. The molecule has 4 N–H and O–H groups in total. The summed E-state index contributed by atoms with van der Waals surface area (Å²) in [5.74, 6) is 1.02. The van der Waals surface area contributed by atoms with E-state index in [0.717, 1.165) is 24.3 Å². The third-order valence-electron chi connectivity index (χ3n) is 5.06. The number of amides is 2. The standard InChI is InChI=1S/C21H27N5O4/c1-29-16-7-5-15(6-8-16)25-19-10-18(17(12-24-19)20(22)27)23-11-14-4-3-9-26(13-14)21(28)30-2/h5-8,10,12,14H,3-4,9,11,13H2,1-2H3,(H2,22,27)(H2,23,24,25). The normalized spacial score (nSPS) is 15.9. The average Bonchev–Trinajstić information content (AvgIpc) is 2.77. The number of benzene rings is 1. The first kappa shape index (κ1) is 21.2. The Balaban J connectivity index is 1.69. The lowest BCUT2D eigenvalue weighted by Gasteiger charge is -2.32. The quantitative estimate of drug-likeness (QED) is 0.638. The van der Waals surface area contributed by atoms with Crippen LogP contribution in [0.15, 0.2) is 36.5 Å². The van der Waals surface area contributed by atoms with E-state index >= 15 is 0 Å². The number of carbonyl (C=O) groups is 2. The van der Waals surface area contributed by atoms with Gasteiger partial charge in [0.2, 0.25) is 0 Å². The molecule has 2 aromatic rings. The molecule has 1 aromatic carbocycles. The highest BCUT2D eigenvalue weighted by Gasteiger charge is 2.24. The molecule has 2 heterocycles. The van der Waals surface area contributed by atoms with E-state index in [-0.39, 0.29) is 12.0 Å². The number of carbonyl (C=O) groups excluding carboxylic acids is 2. The van der Waals surface area contributed by atoms with E-state index in [1.165, 1.54) is 13.3 Å². The van der Waals surface area contributed by atoms with Crippen molar-refractivity contribution in [3.63, 3.8) is 0 Å². The highest BCUT2D eigenvalue weighted by Crippen LogP contribution is 2.24. The second kappa shape index (κ2) is 9.82. The van der Waals surface area contributed by atoms with E-state index in [4.69, 9.17) is 15.2 Å². The topological polar surface area (TPSA) is 119 Å². The van der Waals surface area contributed by atoms with Crippen LogP contribution < -0.4 is 21.1 Å². The molecule has 1 atom stereocenters. The molecule has 0 bridgehead atoms. The Hall–Kier alpha value is -3.49. The van der Waals surface area contributed by atoms with Gasteiger partial charge in [0, 0.05) is 37.6 Å². The molecule has 30 heavy (non-hydrogen) atoms. The second-order valence-electron chi connectivity index (χ2n) is 7.14. The van der Waals surface area contributed by atoms with Crippen LogP contribution in [0.4, 0.5) is 22.0 Å². The van der Waals surface area contributed by atoms with Crippen molar-refractivity contribution in [2.75, 3.05) is 44.5 Å². The summed E-state index contributed by atoms with van der Waals surface area (Å²) in [5, 5.41) is 6.51. The lowest BCUT2D eigenvalue weighted by molar-refractivity contribution is 0.100. The summed E-state index contributed by atoms with van der Waals surface area (Å²) in [6, 6.07) is 9.19. The van der Waals surface area contributed by atoms with Crippen molar-refractivity contribution in [2.45, 2.75) is 12.8 Å². The zero-order valence-corrected chi connectivity index (χ0v) is 17.2. The molecule has 1 fully saturated rings. The Kier molecular flexibility index (Phi) is 6.95. The van der Waals surface area contributed by atoms with Crippen molar-refractivity contribution in [1.29, 1.82) is 0 Å². The van der Waals surface area contributed by atoms with E-state index in [1.54, 1.807) is 18.1 Å². The Morgan fingerprint density at radius 1 is 1.27 bits per heavy atom. The van der Waals surface area contributed by atoms with Crippen molar-refractivity contribution >= 4 is 29.2 Å². The lowest BCUT2D eigenvalue weighted by atomic mass is 9.98. The van der Waals surface area contributed by atoms with Gasteiger partial charge in [0.1, 0.15) is 11.6 Å². The minimum atomic E-state index is -0.555. The van der Waals surface area contributed by atoms with Crippen LogP contribution in [0.1, 0.15) is 23.2 Å². The molecule has 0 aliphatic carbocycles. The molecule has 1 aliphatic rings. The summed E-state index contributed by atoms with van der Waals surface area (Å²) < 4.78 is 9.98. The van der Waals surface area contributed by atoms with Gasteiger partial charge in [0.15, 0.2) is 0 Å². The number of nitrogens with two attached hydrogens (primary N) is 1. The SMILES string of the molecule is COC(=O)N1CCCC(CNc2cc(Nc3ccc(OC)cc3)ncc2C(N)=O)C1. The zero-order valence-electron chi connectivity index (χ0n) is 17.2. The predicted molar refractivity (Wildman–Crippen MR) is 114 cm³/mol. The summed E-state index contributed by atoms with van der Waals surface area (Å²) in [7, 11) is 3.00. The molecular formula is C21H27N5O4. The number of nitrogens with zero attached hydrogens (tertiary/aromatic N) is 2. The number of methoxy groups -OCH3 is 2. The fraction of sp³-hybridized carbons (Fsp3) is 0.381. The van der Waals surface area contributed by atoms with Crippen LogP contribution in [-0.4, -0.2) is 55.7 Å². The number of primary amides is 1. The second-order valence-corrected chi connectivity index (χ2v) is 7.14. The van der Waals surface area contributed by atoms with Crippen LogP contribution in [0.25, 0.3) is 0 Å². The van der Waals surface area contributed by atoms with Crippen molar-refractivity contribution in [3.8, 4) is 5.75 Å². The molecule has 3 rings (SSSR count). The Morgan fingerprint density at radius 2 is 2.03 bits per heavy atom. The Labute approximate surface area is 175 Å². The first-order valence-corrected chi connectivity index (χ1v) is 9.78. The van der Waals surface area contributed by atoms with Crippen LogP contribution in [0, 0.1) is 5.92 Å². The van der Waals surface area contributed by atoms with Gasteiger partial charge in [-0.05, 0) is 43.0 Å². The molecule has 0 radical (unpaired) electrons. The van der Waals surface area contributed by atoms with E-state index < -0.39 is 5.91 Å². The van der Waals surface area contributed by atoms with Crippen molar-refractivity contribution in [3.05, 3.63) is 42.1 Å². The third kappa shape index (κ3) is 5.31. The summed E-state index contributed by atoms with van der Waals surface area (Å²) >= 11 is 0. The molecule has 1 saturated heterocycles. The zero-order chi connectivity index (χ0) is 21.5. The van der Waals surface area contributed by atoms with Gasteiger partial charge < -0.3 is 30.7 Å². The number of rotatable bonds is 7. The van der Waals surface area contributed by atoms with Gasteiger partial charge in [-0.1, -0.05) is 0 Å². The van der Waals surface area contributed by atoms with Crippen LogP contribution in [0.5, 0.6) is 5.75 Å². The fourth-order valence-electron chi connectivity index (χ4n) is 3.47. The van der Waals surface area contributed by atoms with Gasteiger partial charge >= 0.3 is 6.09 Å².